The van der Waals surface area contributed by atoms with Crippen molar-refractivity contribution in [3.63, 3.8) is 0 Å². The molecule has 1 aliphatic rings. The van der Waals surface area contributed by atoms with Crippen LogP contribution in [0, 0.1) is 6.92 Å². The van der Waals surface area contributed by atoms with Crippen LogP contribution in [-0.4, -0.2) is 41.1 Å². The minimum absolute atomic E-state index is 0.0131. The number of benzene rings is 3. The van der Waals surface area contributed by atoms with Crippen LogP contribution >= 0.6 is 11.6 Å². The number of imidazole rings is 1. The molecule has 3 aromatic carbocycles. The lowest BCUT2D eigenvalue weighted by Crippen LogP contribution is -2.34. The lowest BCUT2D eigenvalue weighted by Gasteiger charge is -2.21. The fourth-order valence-electron chi connectivity index (χ4n) is 5.11. The smallest absolute Gasteiger partial charge is 0.269 e. The zero-order chi connectivity index (χ0) is 31.4. The van der Waals surface area contributed by atoms with Crippen LogP contribution in [-0.2, 0) is 25.6 Å². The maximum Gasteiger partial charge on any atom is 0.269 e. The zero-order valence-corrected chi connectivity index (χ0v) is 26.7. The normalized spacial score (nSPS) is 15.0. The topological polar surface area (TPSA) is 131 Å². The van der Waals surface area contributed by atoms with Crippen molar-refractivity contribution >= 4 is 42.7 Å². The van der Waals surface area contributed by atoms with Gasteiger partial charge in [-0.2, -0.15) is 4.72 Å². The van der Waals surface area contributed by atoms with Crippen LogP contribution in [0.4, 0.5) is 0 Å². The van der Waals surface area contributed by atoms with Crippen LogP contribution in [0.25, 0.3) is 22.3 Å². The van der Waals surface area contributed by atoms with Gasteiger partial charge in [0, 0.05) is 16.8 Å². The molecular weight excluding hydrogens is 620 g/mol. The number of aromatic nitrogens is 3. The Morgan fingerprint density at radius 2 is 1.68 bits per heavy atom. The van der Waals surface area contributed by atoms with Crippen molar-refractivity contribution in [1.29, 1.82) is 0 Å². The summed E-state index contributed by atoms with van der Waals surface area (Å²) >= 11 is 6.62. The van der Waals surface area contributed by atoms with E-state index in [-0.39, 0.29) is 21.3 Å². The van der Waals surface area contributed by atoms with Gasteiger partial charge in [0.2, 0.25) is 10.0 Å². The third-order valence-corrected chi connectivity index (χ3v) is 11.7. The van der Waals surface area contributed by atoms with Crippen molar-refractivity contribution in [2.24, 2.45) is 0 Å². The Balaban J connectivity index is 1.67. The van der Waals surface area contributed by atoms with Crippen LogP contribution in [0.2, 0.25) is 5.02 Å². The number of para-hydroxylation sites is 1. The van der Waals surface area contributed by atoms with Crippen LogP contribution in [0.3, 0.4) is 0 Å². The number of fused-ring (bicyclic) bond motifs is 1. The summed E-state index contributed by atoms with van der Waals surface area (Å²) in [6.45, 7) is 5.18. The number of aryl methyl sites for hydroxylation is 1. The Hall–Kier alpha value is -3.61. The third kappa shape index (κ3) is 5.66. The number of pyridine rings is 1. The standard InChI is InChI=1S/C32H31ClN4O5S2/c1-20-11-13-23(14-12-20)44(41,42)37-28-10-6-8-25(27-19-21(17-18-34-27)32(2,3)38)29(28)35-31(37)30(24-7-4-5-9-26(24)33)36-43(39,40)22-15-16-22/h4-14,17-19,22,30,36,38H,15-16H2,1-3H3. The van der Waals surface area contributed by atoms with Crippen molar-refractivity contribution in [3.05, 3.63) is 113 Å². The lowest BCUT2D eigenvalue weighted by atomic mass is 9.97. The molecule has 228 valence electrons. The summed E-state index contributed by atoms with van der Waals surface area (Å²) in [6, 6.07) is 20.4. The van der Waals surface area contributed by atoms with Gasteiger partial charge in [-0.05, 0) is 81.1 Å². The Bertz CT molecular complexity index is 2100. The molecule has 2 aromatic heterocycles. The number of hydrogen-bond donors (Lipinski definition) is 2. The first-order valence-electron chi connectivity index (χ1n) is 14.1. The van der Waals surface area contributed by atoms with Gasteiger partial charge in [-0.1, -0.05) is 59.6 Å². The molecular formula is C32H31ClN4O5S2. The molecule has 0 bridgehead atoms. The molecule has 1 atom stereocenters. The first kappa shape index (κ1) is 30.4. The molecule has 0 amide bonds. The van der Waals surface area contributed by atoms with Crippen LogP contribution in [0.5, 0.6) is 0 Å². The summed E-state index contributed by atoms with van der Waals surface area (Å²) in [5.41, 5.74) is 2.20. The molecule has 1 aliphatic carbocycles. The number of halogens is 1. The van der Waals surface area contributed by atoms with Gasteiger partial charge in [0.05, 0.1) is 32.5 Å². The van der Waals surface area contributed by atoms with Gasteiger partial charge in [-0.15, -0.1) is 0 Å². The number of sulfonamides is 1. The maximum atomic E-state index is 14.5. The van der Waals surface area contributed by atoms with Gasteiger partial charge < -0.3 is 5.11 Å². The first-order valence-corrected chi connectivity index (χ1v) is 17.4. The molecule has 5 aromatic rings. The van der Waals surface area contributed by atoms with E-state index in [0.717, 1.165) is 9.54 Å². The number of hydrogen-bond acceptors (Lipinski definition) is 7. The predicted octanol–water partition coefficient (Wildman–Crippen LogP) is 5.70. The quantitative estimate of drug-likeness (QED) is 0.209. The molecule has 1 saturated carbocycles. The molecule has 6 rings (SSSR count). The average Bonchev–Trinajstić information content (AvgIpc) is 3.77. The number of nitrogens with one attached hydrogen (secondary N) is 1. The van der Waals surface area contributed by atoms with Crippen molar-refractivity contribution < 1.29 is 21.9 Å². The van der Waals surface area contributed by atoms with Crippen LogP contribution < -0.4 is 4.72 Å². The third-order valence-electron chi connectivity index (χ3n) is 7.69. The van der Waals surface area contributed by atoms with Gasteiger partial charge in [0.1, 0.15) is 11.9 Å². The second-order valence-corrected chi connectivity index (χ2v) is 15.7. The van der Waals surface area contributed by atoms with Gasteiger partial charge in [0.15, 0.2) is 0 Å². The zero-order valence-electron chi connectivity index (χ0n) is 24.3. The second-order valence-electron chi connectivity index (χ2n) is 11.5. The van der Waals surface area contributed by atoms with E-state index in [1.165, 1.54) is 12.1 Å². The summed E-state index contributed by atoms with van der Waals surface area (Å²) in [5.74, 6) is -0.0657. The van der Waals surface area contributed by atoms with Gasteiger partial charge in [-0.3, -0.25) is 4.98 Å². The summed E-state index contributed by atoms with van der Waals surface area (Å²) < 4.78 is 59.6. The summed E-state index contributed by atoms with van der Waals surface area (Å²) in [6.07, 6.45) is 2.59. The number of aliphatic hydroxyl groups is 1. The van der Waals surface area contributed by atoms with Crippen LogP contribution in [0.1, 0.15) is 55.2 Å². The first-order chi connectivity index (χ1) is 20.8. The van der Waals surface area contributed by atoms with E-state index < -0.39 is 36.9 Å². The van der Waals surface area contributed by atoms with Crippen molar-refractivity contribution in [2.75, 3.05) is 0 Å². The molecule has 12 heteroatoms. The fraction of sp³-hybridized carbons (Fsp3) is 0.250. The molecule has 2 heterocycles. The molecule has 1 fully saturated rings. The Morgan fingerprint density at radius 1 is 0.977 bits per heavy atom. The predicted molar refractivity (Wildman–Crippen MR) is 170 cm³/mol. The number of nitrogens with zero attached hydrogens (tertiary/aromatic N) is 3. The molecule has 0 aliphatic heterocycles. The maximum absolute atomic E-state index is 14.5. The highest BCUT2D eigenvalue weighted by molar-refractivity contribution is 7.90. The molecule has 44 heavy (non-hydrogen) atoms. The van der Waals surface area contributed by atoms with E-state index in [1.54, 1.807) is 86.8 Å². The van der Waals surface area contributed by atoms with Crippen molar-refractivity contribution in [3.8, 4) is 11.3 Å². The van der Waals surface area contributed by atoms with Crippen molar-refractivity contribution in [2.45, 2.75) is 55.4 Å². The Morgan fingerprint density at radius 3 is 2.34 bits per heavy atom. The minimum atomic E-state index is -4.31. The van der Waals surface area contributed by atoms with E-state index in [2.05, 4.69) is 9.71 Å². The summed E-state index contributed by atoms with van der Waals surface area (Å²) in [4.78, 5) is 9.39. The second kappa shape index (κ2) is 11.1. The van der Waals surface area contributed by atoms with Gasteiger partial charge >= 0.3 is 0 Å². The monoisotopic (exact) mass is 650 g/mol. The molecule has 0 saturated heterocycles. The van der Waals surface area contributed by atoms with Gasteiger partial charge in [0.25, 0.3) is 10.0 Å². The van der Waals surface area contributed by atoms with E-state index in [9.17, 15) is 21.9 Å². The van der Waals surface area contributed by atoms with Gasteiger partial charge in [-0.25, -0.2) is 25.8 Å². The Labute approximate surface area is 261 Å². The highest BCUT2D eigenvalue weighted by Gasteiger charge is 2.40. The fourth-order valence-corrected chi connectivity index (χ4v) is 8.36. The highest BCUT2D eigenvalue weighted by atomic mass is 35.5. The Kier molecular flexibility index (Phi) is 7.66. The highest BCUT2D eigenvalue weighted by Crippen LogP contribution is 2.38. The minimum Gasteiger partial charge on any atom is -0.386 e. The molecule has 0 spiro atoms. The van der Waals surface area contributed by atoms with E-state index in [0.29, 0.717) is 40.7 Å². The SMILES string of the molecule is Cc1ccc(S(=O)(=O)n2c(C(NS(=O)(=O)C3CC3)c3ccccc3Cl)nc3c(-c4cc(C(C)(C)O)ccn4)cccc32)cc1. The van der Waals surface area contributed by atoms with Crippen molar-refractivity contribution in [1.82, 2.24) is 18.7 Å². The van der Waals surface area contributed by atoms with Crippen LogP contribution in [0.15, 0.2) is 90.0 Å². The molecule has 0 radical (unpaired) electrons. The molecule has 9 nitrogen and oxygen atoms in total. The molecule has 2 N–H and O–H groups in total. The summed E-state index contributed by atoms with van der Waals surface area (Å²) in [5, 5.41) is 10.3. The van der Waals surface area contributed by atoms with E-state index in [1.807, 2.05) is 6.92 Å². The lowest BCUT2D eigenvalue weighted by molar-refractivity contribution is 0.0785. The van der Waals surface area contributed by atoms with E-state index >= 15 is 0 Å². The largest absolute Gasteiger partial charge is 0.386 e. The summed E-state index contributed by atoms with van der Waals surface area (Å²) in [7, 11) is -8.16. The molecule has 1 unspecified atom stereocenters. The average molecular weight is 651 g/mol. The van der Waals surface area contributed by atoms with E-state index in [4.69, 9.17) is 16.6 Å². The number of rotatable bonds is 9.